The lowest BCUT2D eigenvalue weighted by Gasteiger charge is -2.15. The monoisotopic (exact) mass is 202 g/mol. The largest absolute Gasteiger partial charge is 0.384 e. The quantitative estimate of drug-likeness (QED) is 0.743. The van der Waals surface area contributed by atoms with Crippen LogP contribution in [0.4, 0.5) is 0 Å². The van der Waals surface area contributed by atoms with E-state index in [1.807, 2.05) is 20.8 Å². The van der Waals surface area contributed by atoms with Gasteiger partial charge in [0.25, 0.3) is 0 Å². The van der Waals surface area contributed by atoms with Gasteiger partial charge < -0.3 is 5.11 Å². The average molecular weight is 202 g/mol. The van der Waals surface area contributed by atoms with E-state index in [4.69, 9.17) is 0 Å². The molecule has 0 saturated heterocycles. The van der Waals surface area contributed by atoms with Gasteiger partial charge in [0.2, 0.25) is 0 Å². The van der Waals surface area contributed by atoms with Gasteiger partial charge in [-0.2, -0.15) is 0 Å². The van der Waals surface area contributed by atoms with Gasteiger partial charge in [-0.3, -0.25) is 0 Å². The van der Waals surface area contributed by atoms with Crippen molar-refractivity contribution in [2.24, 2.45) is 0 Å². The van der Waals surface area contributed by atoms with E-state index in [1.54, 1.807) is 6.08 Å². The number of hydrogen-bond donors (Lipinski definition) is 1. The molecule has 1 rings (SSSR count). The predicted molar refractivity (Wildman–Crippen MR) is 65.8 cm³/mol. The fourth-order valence-electron chi connectivity index (χ4n) is 1.81. The normalized spacial score (nSPS) is 12.3. The summed E-state index contributed by atoms with van der Waals surface area (Å²) in [6.07, 6.45) is 0.972. The van der Waals surface area contributed by atoms with E-state index in [2.05, 4.69) is 25.3 Å². The number of allylic oxidation sites excluding steroid dienone is 1. The Balaban J connectivity index is 3.33. The lowest BCUT2D eigenvalue weighted by molar-refractivity contribution is 0.227. The molecule has 1 nitrogen and oxygen atoms in total. The van der Waals surface area contributed by atoms with E-state index in [0.29, 0.717) is 0 Å². The van der Waals surface area contributed by atoms with Crippen LogP contribution in [0.5, 0.6) is 0 Å². The van der Waals surface area contributed by atoms with Crippen LogP contribution in [-0.2, 0) is 0 Å². The molecule has 1 N–H and O–H groups in total. The molecule has 0 amide bonds. The van der Waals surface area contributed by atoms with Crippen LogP contribution in [0.1, 0.15) is 35.3 Å². The van der Waals surface area contributed by atoms with E-state index < -0.39 is 6.10 Å². The summed E-state index contributed by atoms with van der Waals surface area (Å²) in [6, 6.07) is 4.11. The molecule has 80 valence electrons. The summed E-state index contributed by atoms with van der Waals surface area (Å²) in [5.41, 5.74) is 5.29. The summed E-state index contributed by atoms with van der Waals surface area (Å²) < 4.78 is 0. The highest BCUT2D eigenvalue weighted by Crippen LogP contribution is 2.26. The third-order valence-corrected chi connectivity index (χ3v) is 2.61. The first-order valence-electron chi connectivity index (χ1n) is 5.05. The van der Waals surface area contributed by atoms with Gasteiger partial charge in [-0.25, -0.2) is 0 Å². The zero-order valence-electron chi connectivity index (χ0n) is 9.67. The SMILES string of the molecule is C=CC(O)c1c(C)cc(C(=C)C)cc1C. The van der Waals surface area contributed by atoms with Crippen molar-refractivity contribution in [1.29, 1.82) is 0 Å². The van der Waals surface area contributed by atoms with E-state index >= 15 is 0 Å². The molecule has 0 radical (unpaired) electrons. The molecule has 15 heavy (non-hydrogen) atoms. The molecule has 1 atom stereocenters. The summed E-state index contributed by atoms with van der Waals surface area (Å²) in [7, 11) is 0. The zero-order chi connectivity index (χ0) is 11.6. The van der Waals surface area contributed by atoms with Crippen molar-refractivity contribution in [2.45, 2.75) is 26.9 Å². The summed E-state index contributed by atoms with van der Waals surface area (Å²) in [6.45, 7) is 13.5. The van der Waals surface area contributed by atoms with Gasteiger partial charge in [0, 0.05) is 0 Å². The van der Waals surface area contributed by atoms with Gasteiger partial charge in [0.05, 0.1) is 6.10 Å². The highest BCUT2D eigenvalue weighted by molar-refractivity contribution is 5.64. The van der Waals surface area contributed by atoms with E-state index in [0.717, 1.165) is 27.8 Å². The molecule has 0 fully saturated rings. The van der Waals surface area contributed by atoms with Gasteiger partial charge >= 0.3 is 0 Å². The zero-order valence-corrected chi connectivity index (χ0v) is 9.67. The molecule has 0 aliphatic carbocycles. The minimum Gasteiger partial charge on any atom is -0.384 e. The van der Waals surface area contributed by atoms with Crippen molar-refractivity contribution in [2.75, 3.05) is 0 Å². The molecule has 0 bridgehead atoms. The maximum Gasteiger partial charge on any atom is 0.0974 e. The van der Waals surface area contributed by atoms with E-state index in [-0.39, 0.29) is 0 Å². The highest BCUT2D eigenvalue weighted by Gasteiger charge is 2.11. The van der Waals surface area contributed by atoms with Crippen LogP contribution in [0.3, 0.4) is 0 Å². The maximum atomic E-state index is 9.78. The average Bonchev–Trinajstić information content (AvgIpc) is 2.16. The van der Waals surface area contributed by atoms with Crippen molar-refractivity contribution in [3.05, 3.63) is 53.6 Å². The van der Waals surface area contributed by atoms with Crippen LogP contribution >= 0.6 is 0 Å². The lowest BCUT2D eigenvalue weighted by atomic mass is 9.93. The van der Waals surface area contributed by atoms with Crippen LogP contribution < -0.4 is 0 Å². The number of aliphatic hydroxyl groups is 1. The second-order valence-electron chi connectivity index (χ2n) is 3.98. The maximum absolute atomic E-state index is 9.78. The van der Waals surface area contributed by atoms with Crippen LogP contribution in [0, 0.1) is 13.8 Å². The Morgan fingerprint density at radius 2 is 1.80 bits per heavy atom. The second kappa shape index (κ2) is 4.45. The third kappa shape index (κ3) is 2.37. The van der Waals surface area contributed by atoms with Crippen LogP contribution in [0.25, 0.3) is 5.57 Å². The fourth-order valence-corrected chi connectivity index (χ4v) is 1.81. The molecular weight excluding hydrogens is 184 g/mol. The molecule has 0 spiro atoms. The smallest absolute Gasteiger partial charge is 0.0974 e. The van der Waals surface area contributed by atoms with Gasteiger partial charge in [-0.15, -0.1) is 6.58 Å². The molecule has 0 aliphatic rings. The summed E-state index contributed by atoms with van der Waals surface area (Å²) in [5, 5.41) is 9.78. The minimum absolute atomic E-state index is 0.579. The Hall–Kier alpha value is -1.34. The molecule has 1 aromatic carbocycles. The molecule has 0 saturated carbocycles. The summed E-state index contributed by atoms with van der Waals surface area (Å²) >= 11 is 0. The first kappa shape index (κ1) is 11.7. The highest BCUT2D eigenvalue weighted by atomic mass is 16.3. The van der Waals surface area contributed by atoms with E-state index in [1.165, 1.54) is 0 Å². The lowest BCUT2D eigenvalue weighted by Crippen LogP contribution is -2.00. The topological polar surface area (TPSA) is 20.2 Å². The Bertz CT molecular complexity index is 379. The number of benzene rings is 1. The molecule has 1 heteroatoms. The van der Waals surface area contributed by atoms with Gasteiger partial charge in [-0.1, -0.05) is 30.4 Å². The van der Waals surface area contributed by atoms with Crippen LogP contribution in [0.15, 0.2) is 31.4 Å². The number of aryl methyl sites for hydroxylation is 2. The minimum atomic E-state index is -0.579. The predicted octanol–water partition coefficient (Wildman–Crippen LogP) is 3.56. The molecule has 1 aromatic rings. The molecular formula is C14H18O. The van der Waals surface area contributed by atoms with E-state index in [9.17, 15) is 5.11 Å². The second-order valence-corrected chi connectivity index (χ2v) is 3.98. The van der Waals surface area contributed by atoms with Gasteiger partial charge in [-0.05, 0) is 43.0 Å². The molecule has 0 aliphatic heterocycles. The first-order valence-corrected chi connectivity index (χ1v) is 5.05. The Labute approximate surface area is 91.8 Å². The third-order valence-electron chi connectivity index (χ3n) is 2.61. The van der Waals surface area contributed by atoms with Crippen molar-refractivity contribution in [3.8, 4) is 0 Å². The van der Waals surface area contributed by atoms with Crippen LogP contribution in [0.2, 0.25) is 0 Å². The fraction of sp³-hybridized carbons (Fsp3) is 0.286. The Morgan fingerprint density at radius 3 is 2.13 bits per heavy atom. The Morgan fingerprint density at radius 1 is 1.33 bits per heavy atom. The van der Waals surface area contributed by atoms with Gasteiger partial charge in [0.15, 0.2) is 0 Å². The summed E-state index contributed by atoms with van der Waals surface area (Å²) in [5.74, 6) is 0. The molecule has 0 heterocycles. The molecule has 0 aromatic heterocycles. The number of aliphatic hydroxyl groups excluding tert-OH is 1. The number of hydrogen-bond acceptors (Lipinski definition) is 1. The van der Waals surface area contributed by atoms with Crippen LogP contribution in [-0.4, -0.2) is 5.11 Å². The van der Waals surface area contributed by atoms with Crippen molar-refractivity contribution >= 4 is 5.57 Å². The Kier molecular flexibility index (Phi) is 3.48. The summed E-state index contributed by atoms with van der Waals surface area (Å²) in [4.78, 5) is 0. The van der Waals surface area contributed by atoms with Crippen molar-refractivity contribution in [3.63, 3.8) is 0 Å². The standard InChI is InChI=1S/C14H18O/c1-6-13(15)14-10(4)7-12(9(2)3)8-11(14)5/h6-8,13,15H,1-2H2,3-5H3. The number of rotatable bonds is 3. The molecule has 1 unspecified atom stereocenters. The van der Waals surface area contributed by atoms with Crippen molar-refractivity contribution < 1.29 is 5.11 Å². The first-order chi connectivity index (χ1) is 6.97. The van der Waals surface area contributed by atoms with Gasteiger partial charge in [0.1, 0.15) is 0 Å². The van der Waals surface area contributed by atoms with Crippen molar-refractivity contribution in [1.82, 2.24) is 0 Å².